The number of hydrogen-bond donors (Lipinski definition) is 1. The van der Waals surface area contributed by atoms with Crippen LogP contribution in [0.15, 0.2) is 12.7 Å². The molecule has 0 heterocycles. The summed E-state index contributed by atoms with van der Waals surface area (Å²) in [6, 6.07) is 0. The lowest BCUT2D eigenvalue weighted by molar-refractivity contribution is 0.167. The first-order valence-electron chi connectivity index (χ1n) is 7.05. The quantitative estimate of drug-likeness (QED) is 0.644. The molecule has 94 valence electrons. The first-order chi connectivity index (χ1) is 7.81. The van der Waals surface area contributed by atoms with Gasteiger partial charge >= 0.3 is 0 Å². The zero-order chi connectivity index (χ0) is 11.8. The minimum Gasteiger partial charge on any atom is -0.396 e. The molecule has 1 N–H and O–H groups in total. The van der Waals surface area contributed by atoms with Gasteiger partial charge in [0.25, 0.3) is 0 Å². The summed E-state index contributed by atoms with van der Waals surface area (Å²) in [6.45, 7) is 6.52. The molecule has 1 fully saturated rings. The normalized spacial score (nSPS) is 21.6. The van der Waals surface area contributed by atoms with E-state index in [-0.39, 0.29) is 0 Å². The summed E-state index contributed by atoms with van der Waals surface area (Å²) < 4.78 is 0. The van der Waals surface area contributed by atoms with Gasteiger partial charge in [-0.15, -0.1) is 6.58 Å². The Morgan fingerprint density at radius 2 is 2.00 bits per heavy atom. The molecule has 1 saturated carbocycles. The van der Waals surface area contributed by atoms with Crippen molar-refractivity contribution in [1.29, 1.82) is 0 Å². The van der Waals surface area contributed by atoms with E-state index in [0.717, 1.165) is 18.3 Å². The molecule has 1 nitrogen and oxygen atoms in total. The molecule has 0 saturated heterocycles. The summed E-state index contributed by atoms with van der Waals surface area (Å²) in [5.41, 5.74) is 0. The van der Waals surface area contributed by atoms with Crippen LogP contribution in [0.25, 0.3) is 0 Å². The van der Waals surface area contributed by atoms with Gasteiger partial charge in [-0.3, -0.25) is 0 Å². The lowest BCUT2D eigenvalue weighted by atomic mass is 9.74. The van der Waals surface area contributed by atoms with Crippen LogP contribution < -0.4 is 0 Å². The zero-order valence-corrected chi connectivity index (χ0v) is 10.8. The maximum absolute atomic E-state index is 9.20. The Morgan fingerprint density at radius 1 is 1.31 bits per heavy atom. The summed E-state index contributed by atoms with van der Waals surface area (Å²) >= 11 is 0. The van der Waals surface area contributed by atoms with Gasteiger partial charge in [-0.1, -0.05) is 45.1 Å². The summed E-state index contributed by atoms with van der Waals surface area (Å²) in [4.78, 5) is 0. The van der Waals surface area contributed by atoms with E-state index in [9.17, 15) is 5.11 Å². The number of allylic oxidation sites excluding steroid dienone is 1. The van der Waals surface area contributed by atoms with Crippen molar-refractivity contribution >= 4 is 0 Å². The minimum atomic E-state index is 0.356. The molecule has 0 bridgehead atoms. The van der Waals surface area contributed by atoms with Gasteiger partial charge in [0.2, 0.25) is 0 Å². The molecule has 0 spiro atoms. The van der Waals surface area contributed by atoms with Gasteiger partial charge in [0, 0.05) is 6.61 Å². The molecule has 2 atom stereocenters. The van der Waals surface area contributed by atoms with Gasteiger partial charge in [-0.25, -0.2) is 0 Å². The van der Waals surface area contributed by atoms with E-state index >= 15 is 0 Å². The van der Waals surface area contributed by atoms with E-state index < -0.39 is 0 Å². The van der Waals surface area contributed by atoms with Crippen LogP contribution >= 0.6 is 0 Å². The SMILES string of the molecule is C=C[C@@H](CC)CC(CCO)C1CCCCC1. The van der Waals surface area contributed by atoms with Crippen molar-refractivity contribution < 1.29 is 5.11 Å². The highest BCUT2D eigenvalue weighted by Gasteiger charge is 2.24. The Bertz CT molecular complexity index is 182. The average Bonchev–Trinajstić information content (AvgIpc) is 2.35. The average molecular weight is 224 g/mol. The van der Waals surface area contributed by atoms with E-state index in [4.69, 9.17) is 0 Å². The van der Waals surface area contributed by atoms with Crippen LogP contribution in [0.5, 0.6) is 0 Å². The van der Waals surface area contributed by atoms with Gasteiger partial charge < -0.3 is 5.11 Å². The second-order valence-electron chi connectivity index (χ2n) is 5.31. The molecule has 0 amide bonds. The topological polar surface area (TPSA) is 20.2 Å². The predicted molar refractivity (Wildman–Crippen MR) is 70.4 cm³/mol. The third-order valence-electron chi connectivity index (χ3n) is 4.28. The minimum absolute atomic E-state index is 0.356. The molecule has 1 rings (SSSR count). The van der Waals surface area contributed by atoms with Crippen LogP contribution in [0, 0.1) is 17.8 Å². The Kier molecular flexibility index (Phi) is 6.79. The monoisotopic (exact) mass is 224 g/mol. The van der Waals surface area contributed by atoms with Crippen LogP contribution in [0.2, 0.25) is 0 Å². The fourth-order valence-corrected chi connectivity index (χ4v) is 3.14. The van der Waals surface area contributed by atoms with Crippen molar-refractivity contribution in [2.75, 3.05) is 6.61 Å². The molecule has 0 radical (unpaired) electrons. The maximum Gasteiger partial charge on any atom is 0.0433 e. The number of rotatable bonds is 7. The number of hydrogen-bond acceptors (Lipinski definition) is 1. The molecule has 0 aromatic rings. The van der Waals surface area contributed by atoms with E-state index in [1.54, 1.807) is 0 Å². The Balaban J connectivity index is 2.47. The summed E-state index contributed by atoms with van der Waals surface area (Å²) in [6.07, 6.45) is 12.5. The van der Waals surface area contributed by atoms with Gasteiger partial charge in [-0.2, -0.15) is 0 Å². The molecule has 16 heavy (non-hydrogen) atoms. The first-order valence-corrected chi connectivity index (χ1v) is 7.05. The van der Waals surface area contributed by atoms with Gasteiger partial charge in [0.05, 0.1) is 0 Å². The summed E-state index contributed by atoms with van der Waals surface area (Å²) in [7, 11) is 0. The third kappa shape index (κ3) is 4.29. The van der Waals surface area contributed by atoms with Crippen molar-refractivity contribution in [2.45, 2.75) is 58.3 Å². The third-order valence-corrected chi connectivity index (χ3v) is 4.28. The van der Waals surface area contributed by atoms with Crippen LogP contribution in [0.3, 0.4) is 0 Å². The van der Waals surface area contributed by atoms with Gasteiger partial charge in [0.1, 0.15) is 0 Å². The highest BCUT2D eigenvalue weighted by Crippen LogP contribution is 2.35. The molecule has 1 heteroatoms. The van der Waals surface area contributed by atoms with Crippen molar-refractivity contribution in [3.8, 4) is 0 Å². The van der Waals surface area contributed by atoms with Crippen molar-refractivity contribution in [1.82, 2.24) is 0 Å². The van der Waals surface area contributed by atoms with Gasteiger partial charge in [-0.05, 0) is 37.0 Å². The fourth-order valence-electron chi connectivity index (χ4n) is 3.14. The van der Waals surface area contributed by atoms with E-state index in [0.29, 0.717) is 12.5 Å². The first kappa shape index (κ1) is 13.8. The van der Waals surface area contributed by atoms with Crippen molar-refractivity contribution in [3.05, 3.63) is 12.7 Å². The largest absolute Gasteiger partial charge is 0.396 e. The van der Waals surface area contributed by atoms with Crippen molar-refractivity contribution in [2.24, 2.45) is 17.8 Å². The lowest BCUT2D eigenvalue weighted by Gasteiger charge is -2.31. The smallest absolute Gasteiger partial charge is 0.0433 e. The lowest BCUT2D eigenvalue weighted by Crippen LogP contribution is -2.21. The highest BCUT2D eigenvalue weighted by molar-refractivity contribution is 4.83. The van der Waals surface area contributed by atoms with E-state index in [1.165, 1.54) is 44.9 Å². The Morgan fingerprint density at radius 3 is 2.50 bits per heavy atom. The summed E-state index contributed by atoms with van der Waals surface area (Å²) in [5.74, 6) is 2.25. The van der Waals surface area contributed by atoms with Crippen LogP contribution in [0.4, 0.5) is 0 Å². The van der Waals surface area contributed by atoms with Gasteiger partial charge in [0.15, 0.2) is 0 Å². The molecule has 0 aromatic carbocycles. The molecular weight excluding hydrogens is 196 g/mol. The van der Waals surface area contributed by atoms with Crippen LogP contribution in [-0.4, -0.2) is 11.7 Å². The van der Waals surface area contributed by atoms with Crippen LogP contribution in [0.1, 0.15) is 58.3 Å². The molecule has 0 aromatic heterocycles. The Hall–Kier alpha value is -0.300. The standard InChI is InChI=1S/C15H28O/c1-3-13(4-2)12-15(10-11-16)14-8-6-5-7-9-14/h3,13-16H,1,4-12H2,2H3/t13-,15?/m0/s1. The summed E-state index contributed by atoms with van der Waals surface area (Å²) in [5, 5.41) is 9.20. The molecular formula is C15H28O. The van der Waals surface area contributed by atoms with Crippen molar-refractivity contribution in [3.63, 3.8) is 0 Å². The second-order valence-corrected chi connectivity index (χ2v) is 5.31. The van der Waals surface area contributed by atoms with E-state index in [2.05, 4.69) is 19.6 Å². The second kappa shape index (κ2) is 7.89. The number of aliphatic hydroxyl groups excluding tert-OH is 1. The Labute approximate surface area is 101 Å². The molecule has 1 aliphatic carbocycles. The zero-order valence-electron chi connectivity index (χ0n) is 10.8. The fraction of sp³-hybridized carbons (Fsp3) is 0.867. The molecule has 1 aliphatic rings. The highest BCUT2D eigenvalue weighted by atomic mass is 16.3. The number of aliphatic hydroxyl groups is 1. The van der Waals surface area contributed by atoms with Crippen LogP contribution in [-0.2, 0) is 0 Å². The maximum atomic E-state index is 9.20. The van der Waals surface area contributed by atoms with E-state index in [1.807, 2.05) is 0 Å². The predicted octanol–water partition coefficient (Wildman–Crippen LogP) is 4.17. The molecule has 0 aliphatic heterocycles. The molecule has 1 unspecified atom stereocenters.